The highest BCUT2D eigenvalue weighted by Gasteiger charge is 2.26. The summed E-state index contributed by atoms with van der Waals surface area (Å²) in [6, 6.07) is 9.27. The molecule has 1 aromatic heterocycles. The minimum atomic E-state index is -0.173. The molecule has 4 rings (SSSR count). The molecule has 1 aliphatic rings. The number of aryl methyl sites for hydroxylation is 1. The molecule has 1 fully saturated rings. The van der Waals surface area contributed by atoms with Crippen LogP contribution in [-0.2, 0) is 4.74 Å². The van der Waals surface area contributed by atoms with E-state index in [2.05, 4.69) is 4.90 Å². The number of aromatic nitrogens is 1. The Labute approximate surface area is 216 Å². The van der Waals surface area contributed by atoms with Crippen LogP contribution in [0.2, 0.25) is 0 Å². The Kier molecular flexibility index (Phi) is 9.56. The van der Waals surface area contributed by atoms with Gasteiger partial charge in [-0.3, -0.25) is 14.6 Å². The molecule has 35 heavy (non-hydrogen) atoms. The van der Waals surface area contributed by atoms with Gasteiger partial charge in [0.05, 0.1) is 44.8 Å². The Bertz CT molecular complexity index is 1150. The zero-order chi connectivity index (χ0) is 24.1. The van der Waals surface area contributed by atoms with Crippen LogP contribution >= 0.6 is 23.7 Å². The van der Waals surface area contributed by atoms with Crippen molar-refractivity contribution in [2.24, 2.45) is 0 Å². The molecule has 0 bridgehead atoms. The van der Waals surface area contributed by atoms with Crippen LogP contribution in [0.4, 0.5) is 5.13 Å². The number of ether oxygens (including phenoxy) is 4. The van der Waals surface area contributed by atoms with E-state index in [4.69, 9.17) is 23.9 Å². The second-order valence-electron chi connectivity index (χ2n) is 8.06. The van der Waals surface area contributed by atoms with E-state index < -0.39 is 0 Å². The first kappa shape index (κ1) is 27.0. The van der Waals surface area contributed by atoms with E-state index in [0.29, 0.717) is 34.5 Å². The summed E-state index contributed by atoms with van der Waals surface area (Å²) < 4.78 is 23.0. The number of rotatable bonds is 9. The maximum absolute atomic E-state index is 13.9. The number of halogens is 1. The molecule has 0 radical (unpaired) electrons. The maximum Gasteiger partial charge on any atom is 0.263 e. The molecule has 0 aliphatic carbocycles. The molecule has 1 saturated heterocycles. The van der Waals surface area contributed by atoms with Crippen molar-refractivity contribution in [3.05, 3.63) is 41.5 Å². The van der Waals surface area contributed by atoms with Gasteiger partial charge in [-0.1, -0.05) is 23.5 Å². The highest BCUT2D eigenvalue weighted by atomic mass is 35.5. The molecular formula is C25H32ClN3O5S. The molecule has 0 unspecified atom stereocenters. The first-order chi connectivity index (χ1) is 16.6. The molecule has 2 heterocycles. The molecule has 0 atom stereocenters. The number of hydrogen-bond donors (Lipinski definition) is 0. The van der Waals surface area contributed by atoms with Crippen molar-refractivity contribution in [1.82, 2.24) is 9.88 Å². The summed E-state index contributed by atoms with van der Waals surface area (Å²) in [5, 5.41) is 0.638. The van der Waals surface area contributed by atoms with Crippen LogP contribution < -0.4 is 19.1 Å². The van der Waals surface area contributed by atoms with E-state index in [1.54, 1.807) is 44.4 Å². The van der Waals surface area contributed by atoms with Gasteiger partial charge in [-0.15, -0.1) is 12.4 Å². The number of carbonyl (C=O) groups excluding carboxylic acids is 1. The van der Waals surface area contributed by atoms with E-state index >= 15 is 0 Å². The number of methoxy groups -OCH3 is 3. The first-order valence-electron chi connectivity index (χ1n) is 11.3. The Morgan fingerprint density at radius 1 is 1.09 bits per heavy atom. The molecule has 3 aromatic rings. The molecule has 1 amide bonds. The van der Waals surface area contributed by atoms with Crippen LogP contribution in [0.5, 0.6) is 17.2 Å². The summed E-state index contributed by atoms with van der Waals surface area (Å²) >= 11 is 1.50. The van der Waals surface area contributed by atoms with Crippen molar-refractivity contribution in [3.63, 3.8) is 0 Å². The number of hydrogen-bond acceptors (Lipinski definition) is 8. The fraction of sp³-hybridized carbons (Fsp3) is 0.440. The highest BCUT2D eigenvalue weighted by Crippen LogP contribution is 2.38. The fourth-order valence-corrected chi connectivity index (χ4v) is 5.22. The Hall–Kier alpha value is -2.59. The third-order valence-electron chi connectivity index (χ3n) is 5.98. The average molecular weight is 522 g/mol. The summed E-state index contributed by atoms with van der Waals surface area (Å²) in [6.45, 7) is 6.78. The zero-order valence-corrected chi connectivity index (χ0v) is 22.2. The van der Waals surface area contributed by atoms with Crippen molar-refractivity contribution in [2.75, 3.05) is 65.6 Å². The second kappa shape index (κ2) is 12.4. The smallest absolute Gasteiger partial charge is 0.263 e. The fourth-order valence-electron chi connectivity index (χ4n) is 4.14. The van der Waals surface area contributed by atoms with E-state index in [-0.39, 0.29) is 18.3 Å². The lowest BCUT2D eigenvalue weighted by Crippen LogP contribution is -2.39. The SMILES string of the molecule is COc1cccc(C(=O)N(CCCN2CCOCC2)c2nc3c(OC)ccc(C)c3s2)c1OC.Cl. The average Bonchev–Trinajstić information content (AvgIpc) is 3.32. The number of anilines is 1. The number of thiazole rings is 1. The summed E-state index contributed by atoms with van der Waals surface area (Å²) in [5.41, 5.74) is 2.31. The maximum atomic E-state index is 13.9. The van der Waals surface area contributed by atoms with E-state index in [1.165, 1.54) is 11.3 Å². The number of para-hydroxylation sites is 1. The summed E-state index contributed by atoms with van der Waals surface area (Å²) in [7, 11) is 4.74. The monoisotopic (exact) mass is 521 g/mol. The van der Waals surface area contributed by atoms with Gasteiger partial charge in [0.1, 0.15) is 11.3 Å². The van der Waals surface area contributed by atoms with Gasteiger partial charge in [0.25, 0.3) is 5.91 Å². The molecular weight excluding hydrogens is 490 g/mol. The topological polar surface area (TPSA) is 73.4 Å². The van der Waals surface area contributed by atoms with Gasteiger partial charge >= 0.3 is 0 Å². The molecule has 8 nitrogen and oxygen atoms in total. The second-order valence-corrected chi connectivity index (χ2v) is 9.04. The van der Waals surface area contributed by atoms with Gasteiger partial charge < -0.3 is 18.9 Å². The quantitative estimate of drug-likeness (QED) is 0.412. The molecule has 1 aliphatic heterocycles. The zero-order valence-electron chi connectivity index (χ0n) is 20.5. The Morgan fingerprint density at radius 2 is 1.83 bits per heavy atom. The van der Waals surface area contributed by atoms with Crippen molar-refractivity contribution in [3.8, 4) is 17.2 Å². The van der Waals surface area contributed by atoms with Crippen molar-refractivity contribution in [1.29, 1.82) is 0 Å². The van der Waals surface area contributed by atoms with Gasteiger partial charge in [0.2, 0.25) is 0 Å². The van der Waals surface area contributed by atoms with Gasteiger partial charge in [0.15, 0.2) is 16.6 Å². The predicted octanol–water partition coefficient (Wildman–Crippen LogP) is 4.42. The van der Waals surface area contributed by atoms with E-state index in [1.807, 2.05) is 19.1 Å². The van der Waals surface area contributed by atoms with Crippen molar-refractivity contribution >= 4 is 45.0 Å². The Balaban J connectivity index is 0.00000342. The third kappa shape index (κ3) is 5.81. The van der Waals surface area contributed by atoms with Crippen LogP contribution in [0.3, 0.4) is 0 Å². The first-order valence-corrected chi connectivity index (χ1v) is 12.2. The number of morpholine rings is 1. The molecule has 190 valence electrons. The van der Waals surface area contributed by atoms with Gasteiger partial charge in [-0.25, -0.2) is 4.98 Å². The molecule has 0 saturated carbocycles. The van der Waals surface area contributed by atoms with Gasteiger partial charge in [0, 0.05) is 26.2 Å². The lowest BCUT2D eigenvalue weighted by Gasteiger charge is -2.28. The summed E-state index contributed by atoms with van der Waals surface area (Å²) in [4.78, 5) is 22.8. The minimum absolute atomic E-state index is 0. The normalized spacial score (nSPS) is 13.8. The number of nitrogens with zero attached hydrogens (tertiary/aromatic N) is 3. The van der Waals surface area contributed by atoms with Crippen LogP contribution in [-0.4, -0.2) is 76.5 Å². The van der Waals surface area contributed by atoms with Crippen molar-refractivity contribution in [2.45, 2.75) is 13.3 Å². The van der Waals surface area contributed by atoms with Crippen molar-refractivity contribution < 1.29 is 23.7 Å². The summed E-state index contributed by atoms with van der Waals surface area (Å²) in [5.74, 6) is 1.46. The minimum Gasteiger partial charge on any atom is -0.494 e. The molecule has 2 aromatic carbocycles. The van der Waals surface area contributed by atoms with Gasteiger partial charge in [-0.2, -0.15) is 0 Å². The lowest BCUT2D eigenvalue weighted by molar-refractivity contribution is 0.0376. The van der Waals surface area contributed by atoms with E-state index in [0.717, 1.165) is 55.0 Å². The molecule has 0 spiro atoms. The standard InChI is InChI=1S/C25H31N3O5S.ClH/c1-17-9-10-19(30-2)21-23(17)34-25(26-21)28(12-6-11-27-13-15-33-16-14-27)24(29)18-7-5-8-20(31-3)22(18)32-4;/h5,7-10H,6,11-16H2,1-4H3;1H. The van der Waals surface area contributed by atoms with Crippen LogP contribution in [0.25, 0.3) is 10.2 Å². The lowest BCUT2D eigenvalue weighted by atomic mass is 10.1. The highest BCUT2D eigenvalue weighted by molar-refractivity contribution is 7.22. The number of amides is 1. The predicted molar refractivity (Wildman–Crippen MR) is 141 cm³/mol. The third-order valence-corrected chi connectivity index (χ3v) is 7.19. The number of fused-ring (bicyclic) bond motifs is 1. The van der Waals surface area contributed by atoms with Crippen LogP contribution in [0.1, 0.15) is 22.3 Å². The number of carbonyl (C=O) groups is 1. The van der Waals surface area contributed by atoms with Gasteiger partial charge in [-0.05, 0) is 37.1 Å². The van der Waals surface area contributed by atoms with Crippen LogP contribution in [0.15, 0.2) is 30.3 Å². The van der Waals surface area contributed by atoms with Crippen LogP contribution in [0, 0.1) is 6.92 Å². The molecule has 10 heteroatoms. The van der Waals surface area contributed by atoms with E-state index in [9.17, 15) is 4.79 Å². The summed E-state index contributed by atoms with van der Waals surface area (Å²) in [6.07, 6.45) is 0.810. The Morgan fingerprint density at radius 3 is 2.51 bits per heavy atom. The number of benzene rings is 2. The largest absolute Gasteiger partial charge is 0.494 e. The molecule has 0 N–H and O–H groups in total.